The Morgan fingerprint density at radius 1 is 1.00 bits per heavy atom. The number of aliphatic hydroxyl groups excluding tert-OH is 1. The molecule has 3 aromatic heterocycles. The standard InChI is InChI=1S/C32H30Cl2N6O4/c1-44-31-19(16-35-17-21-10-13-28(42)36-21)8-11-26(37-31)25-7-3-6-24(30(25)34)23-5-2-4-22(29(23)33)20-9-12-27-38-40(14-15-41)32(43)39(27)18-20/h2-9,11-12,18,21,35,41H,10,13-17H2,1H3,(H,36,42). The van der Waals surface area contributed by atoms with Gasteiger partial charge in [0.25, 0.3) is 0 Å². The first kappa shape index (κ1) is 29.8. The quantitative estimate of drug-likeness (QED) is 0.206. The summed E-state index contributed by atoms with van der Waals surface area (Å²) in [5.41, 5.74) is 5.31. The number of amides is 1. The predicted molar refractivity (Wildman–Crippen MR) is 170 cm³/mol. The van der Waals surface area contributed by atoms with E-state index in [-0.39, 0.29) is 30.8 Å². The van der Waals surface area contributed by atoms with Gasteiger partial charge in [0.05, 0.1) is 36.0 Å². The van der Waals surface area contributed by atoms with Gasteiger partial charge in [-0.2, -0.15) is 0 Å². The van der Waals surface area contributed by atoms with E-state index in [1.807, 2.05) is 54.6 Å². The largest absolute Gasteiger partial charge is 0.481 e. The molecule has 0 bridgehead atoms. The second-order valence-corrected chi connectivity index (χ2v) is 11.3. The van der Waals surface area contributed by atoms with Gasteiger partial charge in [0.15, 0.2) is 5.65 Å². The van der Waals surface area contributed by atoms with E-state index in [0.29, 0.717) is 46.8 Å². The number of nitrogens with one attached hydrogen (secondary N) is 2. The Labute approximate surface area is 263 Å². The van der Waals surface area contributed by atoms with Crippen LogP contribution in [-0.2, 0) is 17.9 Å². The summed E-state index contributed by atoms with van der Waals surface area (Å²) in [4.78, 5) is 29.0. The zero-order valence-corrected chi connectivity index (χ0v) is 25.4. The van der Waals surface area contributed by atoms with E-state index in [1.165, 1.54) is 9.08 Å². The fraction of sp³-hybridized carbons (Fsp3) is 0.250. The first-order chi connectivity index (χ1) is 21.4. The Morgan fingerprint density at radius 2 is 1.73 bits per heavy atom. The number of halogens is 2. The van der Waals surface area contributed by atoms with Crippen LogP contribution in [0.15, 0.2) is 71.7 Å². The van der Waals surface area contributed by atoms with Gasteiger partial charge < -0.3 is 20.5 Å². The second kappa shape index (κ2) is 12.8. The molecule has 0 spiro atoms. The summed E-state index contributed by atoms with van der Waals surface area (Å²) >= 11 is 14.0. The zero-order valence-electron chi connectivity index (χ0n) is 23.9. The number of rotatable bonds is 10. The summed E-state index contributed by atoms with van der Waals surface area (Å²) in [7, 11) is 1.58. The summed E-state index contributed by atoms with van der Waals surface area (Å²) in [6, 6.07) is 19.0. The van der Waals surface area contributed by atoms with Crippen LogP contribution in [0.5, 0.6) is 5.88 Å². The molecule has 10 nitrogen and oxygen atoms in total. The number of benzene rings is 2. The van der Waals surface area contributed by atoms with Crippen LogP contribution < -0.4 is 21.1 Å². The third-order valence-electron chi connectivity index (χ3n) is 7.69. The number of hydrogen-bond donors (Lipinski definition) is 3. The third kappa shape index (κ3) is 5.81. The Morgan fingerprint density at radius 3 is 2.43 bits per heavy atom. The first-order valence-corrected chi connectivity index (χ1v) is 15.0. The monoisotopic (exact) mass is 632 g/mol. The van der Waals surface area contributed by atoms with Crippen molar-refractivity contribution in [2.75, 3.05) is 20.3 Å². The highest BCUT2D eigenvalue weighted by Crippen LogP contribution is 2.42. The summed E-state index contributed by atoms with van der Waals surface area (Å²) in [5.74, 6) is 0.578. The summed E-state index contributed by atoms with van der Waals surface area (Å²) in [5, 5.41) is 20.8. The third-order valence-corrected chi connectivity index (χ3v) is 8.50. The van der Waals surface area contributed by atoms with Gasteiger partial charge in [0.2, 0.25) is 11.8 Å². The number of hydrogen-bond acceptors (Lipinski definition) is 7. The Balaban J connectivity index is 1.29. The van der Waals surface area contributed by atoms with Crippen molar-refractivity contribution in [3.8, 4) is 39.4 Å². The molecular formula is C32H30Cl2N6O4. The molecule has 1 saturated heterocycles. The average Bonchev–Trinajstić information content (AvgIpc) is 3.59. The van der Waals surface area contributed by atoms with Gasteiger partial charge in [-0.25, -0.2) is 18.9 Å². The number of pyridine rings is 2. The van der Waals surface area contributed by atoms with E-state index in [4.69, 9.17) is 32.9 Å². The molecule has 1 aliphatic rings. The molecule has 1 amide bonds. The Bertz CT molecular complexity index is 1920. The molecule has 5 aromatic rings. The smallest absolute Gasteiger partial charge is 0.350 e. The second-order valence-electron chi connectivity index (χ2n) is 10.5. The predicted octanol–water partition coefficient (Wildman–Crippen LogP) is 4.57. The minimum atomic E-state index is -0.342. The highest BCUT2D eigenvalue weighted by Gasteiger charge is 2.21. The van der Waals surface area contributed by atoms with E-state index < -0.39 is 0 Å². The lowest BCUT2D eigenvalue weighted by molar-refractivity contribution is -0.119. The van der Waals surface area contributed by atoms with Crippen LogP contribution in [0, 0.1) is 0 Å². The van der Waals surface area contributed by atoms with Gasteiger partial charge in [-0.1, -0.05) is 65.7 Å². The summed E-state index contributed by atoms with van der Waals surface area (Å²) < 4.78 is 8.28. The van der Waals surface area contributed by atoms with Crippen LogP contribution >= 0.6 is 23.2 Å². The van der Waals surface area contributed by atoms with E-state index in [0.717, 1.165) is 39.8 Å². The molecule has 2 aromatic carbocycles. The lowest BCUT2D eigenvalue weighted by Gasteiger charge is -2.15. The molecule has 226 valence electrons. The van der Waals surface area contributed by atoms with Crippen LogP contribution in [0.1, 0.15) is 18.4 Å². The Kier molecular flexibility index (Phi) is 8.67. The molecule has 6 rings (SSSR count). The van der Waals surface area contributed by atoms with Gasteiger partial charge in [0.1, 0.15) is 0 Å². The molecule has 0 aliphatic carbocycles. The first-order valence-electron chi connectivity index (χ1n) is 14.2. The number of nitrogens with zero attached hydrogens (tertiary/aromatic N) is 4. The van der Waals surface area contributed by atoms with E-state index in [9.17, 15) is 14.7 Å². The van der Waals surface area contributed by atoms with Gasteiger partial charge in [-0.05, 0) is 24.6 Å². The molecule has 12 heteroatoms. The molecule has 3 N–H and O–H groups in total. The average molecular weight is 634 g/mol. The SMILES string of the molecule is COc1nc(-c2cccc(-c3cccc(-c4ccc5nn(CCO)c(=O)n5c4)c3Cl)c2Cl)ccc1CNCC1CCC(=O)N1. The van der Waals surface area contributed by atoms with Crippen LogP contribution in [0.2, 0.25) is 10.0 Å². The van der Waals surface area contributed by atoms with Crippen molar-refractivity contribution in [1.29, 1.82) is 0 Å². The Hall–Kier alpha value is -4.22. The number of aromatic nitrogens is 4. The van der Waals surface area contributed by atoms with Crippen molar-refractivity contribution >= 4 is 34.8 Å². The number of ether oxygens (including phenoxy) is 1. The highest BCUT2D eigenvalue weighted by atomic mass is 35.5. The molecule has 4 heterocycles. The van der Waals surface area contributed by atoms with Gasteiger partial charge in [0, 0.05) is 65.1 Å². The number of carbonyl (C=O) groups is 1. The molecule has 1 fully saturated rings. The number of methoxy groups -OCH3 is 1. The zero-order chi connectivity index (χ0) is 30.8. The van der Waals surface area contributed by atoms with E-state index in [1.54, 1.807) is 19.4 Å². The van der Waals surface area contributed by atoms with Crippen molar-refractivity contribution in [2.45, 2.75) is 32.0 Å². The molecular weight excluding hydrogens is 603 g/mol. The van der Waals surface area contributed by atoms with Crippen LogP contribution in [0.25, 0.3) is 39.2 Å². The topological polar surface area (TPSA) is 123 Å². The van der Waals surface area contributed by atoms with Gasteiger partial charge in [-0.3, -0.25) is 4.79 Å². The number of aliphatic hydroxyl groups is 1. The lowest BCUT2D eigenvalue weighted by atomic mass is 9.97. The molecule has 44 heavy (non-hydrogen) atoms. The van der Waals surface area contributed by atoms with E-state index in [2.05, 4.69) is 15.7 Å². The molecule has 0 saturated carbocycles. The minimum Gasteiger partial charge on any atom is -0.481 e. The van der Waals surface area contributed by atoms with Crippen molar-refractivity contribution in [2.24, 2.45) is 0 Å². The molecule has 1 atom stereocenters. The highest BCUT2D eigenvalue weighted by molar-refractivity contribution is 6.39. The van der Waals surface area contributed by atoms with E-state index >= 15 is 0 Å². The number of carbonyl (C=O) groups excluding carboxylic acids is 1. The maximum Gasteiger partial charge on any atom is 0.350 e. The van der Waals surface area contributed by atoms with Crippen LogP contribution in [-0.4, -0.2) is 56.5 Å². The normalized spacial score (nSPS) is 14.7. The van der Waals surface area contributed by atoms with Crippen LogP contribution in [0.3, 0.4) is 0 Å². The maximum absolute atomic E-state index is 12.7. The van der Waals surface area contributed by atoms with Crippen molar-refractivity contribution in [3.63, 3.8) is 0 Å². The minimum absolute atomic E-state index is 0.0916. The fourth-order valence-corrected chi connectivity index (χ4v) is 6.12. The maximum atomic E-state index is 12.7. The van der Waals surface area contributed by atoms with Crippen LogP contribution in [0.4, 0.5) is 0 Å². The molecule has 1 aliphatic heterocycles. The van der Waals surface area contributed by atoms with Crippen molar-refractivity contribution < 1.29 is 14.6 Å². The summed E-state index contributed by atoms with van der Waals surface area (Å²) in [6.45, 7) is 1.14. The van der Waals surface area contributed by atoms with Gasteiger partial charge >= 0.3 is 5.69 Å². The number of fused-ring (bicyclic) bond motifs is 1. The van der Waals surface area contributed by atoms with Gasteiger partial charge in [-0.15, -0.1) is 5.10 Å². The molecule has 0 radical (unpaired) electrons. The lowest BCUT2D eigenvalue weighted by Crippen LogP contribution is -2.35. The summed E-state index contributed by atoms with van der Waals surface area (Å²) in [6.07, 6.45) is 3.09. The fourth-order valence-electron chi connectivity index (χ4n) is 5.46. The molecule has 1 unspecified atom stereocenters. The van der Waals surface area contributed by atoms with Crippen molar-refractivity contribution in [1.82, 2.24) is 29.8 Å². The van der Waals surface area contributed by atoms with Crippen molar-refractivity contribution in [3.05, 3.63) is 93.0 Å².